The molecular formula is C29H32BrNO4. The molecule has 0 unspecified atom stereocenters. The smallest absolute Gasteiger partial charge is 0.337 e. The van der Waals surface area contributed by atoms with E-state index in [1.807, 2.05) is 24.3 Å². The number of rotatable bonds is 5. The van der Waals surface area contributed by atoms with E-state index in [0.29, 0.717) is 17.2 Å². The molecule has 0 fully saturated rings. The normalized spacial score (nSPS) is 19.5. The second-order valence-corrected chi connectivity index (χ2v) is 11.1. The number of benzene rings is 3. The Morgan fingerprint density at radius 1 is 0.943 bits per heavy atom. The molecule has 0 amide bonds. The van der Waals surface area contributed by atoms with Gasteiger partial charge in [-0.15, -0.1) is 0 Å². The Kier molecular flexibility index (Phi) is 6.87. The van der Waals surface area contributed by atoms with Gasteiger partial charge in [0.05, 0.1) is 31.5 Å². The van der Waals surface area contributed by atoms with Gasteiger partial charge in [0.15, 0.2) is 11.5 Å². The van der Waals surface area contributed by atoms with E-state index in [1.165, 1.54) is 5.56 Å². The van der Waals surface area contributed by atoms with Gasteiger partial charge in [-0.1, -0.05) is 74.0 Å². The van der Waals surface area contributed by atoms with Crippen LogP contribution in [0.4, 0.5) is 5.69 Å². The number of ether oxygens (including phenoxy) is 2. The molecule has 0 bridgehead atoms. The Morgan fingerprint density at radius 3 is 2.14 bits per heavy atom. The second-order valence-electron chi connectivity index (χ2n) is 10.2. The van der Waals surface area contributed by atoms with Crippen LogP contribution in [0.3, 0.4) is 0 Å². The third-order valence-electron chi connectivity index (χ3n) is 6.95. The Morgan fingerprint density at radius 2 is 1.57 bits per heavy atom. The van der Waals surface area contributed by atoms with Crippen LogP contribution in [0, 0.1) is 5.92 Å². The first kappa shape index (κ1) is 25.1. The van der Waals surface area contributed by atoms with E-state index >= 15 is 0 Å². The van der Waals surface area contributed by atoms with Crippen LogP contribution in [0.25, 0.3) is 0 Å². The molecule has 0 saturated carbocycles. The van der Waals surface area contributed by atoms with Crippen LogP contribution in [-0.2, 0) is 5.41 Å². The van der Waals surface area contributed by atoms with Gasteiger partial charge in [-0.2, -0.15) is 0 Å². The molecule has 1 aliphatic heterocycles. The van der Waals surface area contributed by atoms with Gasteiger partial charge in [0.1, 0.15) is 0 Å². The van der Waals surface area contributed by atoms with Gasteiger partial charge in [0.25, 0.3) is 0 Å². The molecule has 0 saturated heterocycles. The molecule has 3 atom stereocenters. The number of carboxylic acid groups (broad SMARTS) is 1. The van der Waals surface area contributed by atoms with Crippen molar-refractivity contribution in [3.8, 4) is 11.5 Å². The summed E-state index contributed by atoms with van der Waals surface area (Å²) in [5, 5.41) is 13.6. The molecule has 0 aliphatic carbocycles. The summed E-state index contributed by atoms with van der Waals surface area (Å²) in [7, 11) is 3.24. The Hall–Kier alpha value is -2.99. The molecule has 2 N–H and O–H groups in total. The van der Waals surface area contributed by atoms with E-state index in [1.54, 1.807) is 20.3 Å². The predicted molar refractivity (Wildman–Crippen MR) is 143 cm³/mol. The second kappa shape index (κ2) is 9.57. The molecular weight excluding hydrogens is 506 g/mol. The number of carboxylic acids is 1. The zero-order valence-corrected chi connectivity index (χ0v) is 22.6. The summed E-state index contributed by atoms with van der Waals surface area (Å²) < 4.78 is 11.8. The molecule has 3 aromatic rings. The maximum absolute atomic E-state index is 12.2. The minimum Gasteiger partial charge on any atom is -0.493 e. The Labute approximate surface area is 215 Å². The molecule has 0 spiro atoms. The van der Waals surface area contributed by atoms with Crippen molar-refractivity contribution in [1.29, 1.82) is 0 Å². The molecule has 35 heavy (non-hydrogen) atoms. The fourth-order valence-corrected chi connectivity index (χ4v) is 5.55. The van der Waals surface area contributed by atoms with Crippen molar-refractivity contribution in [2.24, 2.45) is 5.92 Å². The Bertz CT molecular complexity index is 1250. The van der Waals surface area contributed by atoms with Gasteiger partial charge < -0.3 is 19.9 Å². The average Bonchev–Trinajstić information content (AvgIpc) is 2.82. The van der Waals surface area contributed by atoms with Crippen molar-refractivity contribution in [3.05, 3.63) is 86.9 Å². The number of nitrogens with one attached hydrogen (secondary N) is 1. The largest absolute Gasteiger partial charge is 0.493 e. The quantitative estimate of drug-likeness (QED) is 0.355. The number of hydrogen-bond donors (Lipinski definition) is 2. The highest BCUT2D eigenvalue weighted by atomic mass is 79.9. The monoisotopic (exact) mass is 537 g/mol. The van der Waals surface area contributed by atoms with Gasteiger partial charge in [-0.25, -0.2) is 4.79 Å². The average molecular weight is 538 g/mol. The molecule has 4 rings (SSSR count). The summed E-state index contributed by atoms with van der Waals surface area (Å²) in [5.41, 5.74) is 5.34. The number of fused-ring (bicyclic) bond motifs is 1. The van der Waals surface area contributed by atoms with Gasteiger partial charge >= 0.3 is 5.97 Å². The first-order valence-electron chi connectivity index (χ1n) is 11.7. The van der Waals surface area contributed by atoms with E-state index in [4.69, 9.17) is 9.47 Å². The van der Waals surface area contributed by atoms with E-state index in [9.17, 15) is 9.90 Å². The van der Waals surface area contributed by atoms with E-state index < -0.39 is 5.97 Å². The zero-order chi connectivity index (χ0) is 25.5. The summed E-state index contributed by atoms with van der Waals surface area (Å²) in [6.45, 7) is 8.80. The lowest BCUT2D eigenvalue weighted by molar-refractivity contribution is 0.0697. The standard InChI is InChI=1S/C29H32BrNO4/c1-16-25(18-9-12-23(34-5)24(13-18)35-6)21-14-20(30)15-22(28(32)33)27(21)31-26(16)17-7-10-19(11-8-17)29(2,3)4/h7-16,25-26,31H,1-6H3,(H,32,33)/t16-,25+,26+/m1/s1. The lowest BCUT2D eigenvalue weighted by Crippen LogP contribution is -2.32. The molecule has 1 heterocycles. The highest BCUT2D eigenvalue weighted by Gasteiger charge is 2.38. The topological polar surface area (TPSA) is 67.8 Å². The van der Waals surface area contributed by atoms with Crippen LogP contribution < -0.4 is 14.8 Å². The Balaban J connectivity index is 1.89. The molecule has 3 aromatic carbocycles. The summed E-state index contributed by atoms with van der Waals surface area (Å²) in [6.07, 6.45) is 0. The number of aromatic carboxylic acids is 1. The van der Waals surface area contributed by atoms with Crippen molar-refractivity contribution >= 4 is 27.6 Å². The molecule has 6 heteroatoms. The van der Waals surface area contributed by atoms with Crippen molar-refractivity contribution in [2.75, 3.05) is 19.5 Å². The van der Waals surface area contributed by atoms with E-state index in [-0.39, 0.29) is 28.9 Å². The van der Waals surface area contributed by atoms with Gasteiger partial charge in [0.2, 0.25) is 0 Å². The maximum Gasteiger partial charge on any atom is 0.337 e. The lowest BCUT2D eigenvalue weighted by Gasteiger charge is -2.40. The third kappa shape index (κ3) is 4.76. The van der Waals surface area contributed by atoms with Crippen LogP contribution >= 0.6 is 15.9 Å². The van der Waals surface area contributed by atoms with E-state index in [0.717, 1.165) is 21.2 Å². The maximum atomic E-state index is 12.2. The number of carbonyl (C=O) groups is 1. The van der Waals surface area contributed by atoms with E-state index in [2.05, 4.69) is 73.2 Å². The van der Waals surface area contributed by atoms with Gasteiger partial charge in [0, 0.05) is 10.4 Å². The summed E-state index contributed by atoms with van der Waals surface area (Å²) in [5.74, 6) is 0.410. The molecule has 5 nitrogen and oxygen atoms in total. The van der Waals surface area contributed by atoms with Crippen LogP contribution in [-0.4, -0.2) is 25.3 Å². The first-order valence-corrected chi connectivity index (χ1v) is 12.5. The van der Waals surface area contributed by atoms with Crippen LogP contribution in [0.1, 0.15) is 72.3 Å². The number of anilines is 1. The van der Waals surface area contributed by atoms with Crippen LogP contribution in [0.15, 0.2) is 59.1 Å². The summed E-state index contributed by atoms with van der Waals surface area (Å²) in [4.78, 5) is 12.2. The number of halogens is 1. The van der Waals surface area contributed by atoms with Crippen molar-refractivity contribution < 1.29 is 19.4 Å². The van der Waals surface area contributed by atoms with Crippen molar-refractivity contribution in [1.82, 2.24) is 0 Å². The minimum absolute atomic E-state index is 0.0572. The molecule has 1 aliphatic rings. The highest BCUT2D eigenvalue weighted by molar-refractivity contribution is 9.10. The SMILES string of the molecule is COc1ccc([C@H]2c3cc(Br)cc(C(=O)O)c3N[C@H](c3ccc(C(C)(C)C)cc3)[C@@H]2C)cc1OC. The summed E-state index contributed by atoms with van der Waals surface area (Å²) >= 11 is 3.53. The van der Waals surface area contributed by atoms with Crippen molar-refractivity contribution in [3.63, 3.8) is 0 Å². The van der Waals surface area contributed by atoms with Gasteiger partial charge in [-0.05, 0) is 57.9 Å². The third-order valence-corrected chi connectivity index (χ3v) is 7.41. The zero-order valence-electron chi connectivity index (χ0n) is 21.0. The fraction of sp³-hybridized carbons (Fsp3) is 0.345. The predicted octanol–water partition coefficient (Wildman–Crippen LogP) is 7.40. The highest BCUT2D eigenvalue weighted by Crippen LogP contribution is 2.50. The minimum atomic E-state index is -0.961. The lowest BCUT2D eigenvalue weighted by atomic mass is 9.72. The van der Waals surface area contributed by atoms with Gasteiger partial charge in [-0.3, -0.25) is 0 Å². The van der Waals surface area contributed by atoms with Crippen LogP contribution in [0.2, 0.25) is 0 Å². The first-order chi connectivity index (χ1) is 16.5. The molecule has 0 aromatic heterocycles. The van der Waals surface area contributed by atoms with Crippen molar-refractivity contribution in [2.45, 2.75) is 45.1 Å². The number of methoxy groups -OCH3 is 2. The molecule has 0 radical (unpaired) electrons. The number of hydrogen-bond acceptors (Lipinski definition) is 4. The fourth-order valence-electron chi connectivity index (χ4n) is 5.07. The molecule has 184 valence electrons. The summed E-state index contributed by atoms with van der Waals surface area (Å²) in [6, 6.07) is 18.2. The van der Waals surface area contributed by atoms with Crippen LogP contribution in [0.5, 0.6) is 11.5 Å².